The van der Waals surface area contributed by atoms with Gasteiger partial charge in [-0.05, 0) is 64.9 Å². The maximum Gasteiger partial charge on any atom is 0.408 e. The fourth-order valence-electron chi connectivity index (χ4n) is 5.53. The molecule has 0 bridgehead atoms. The number of primary amides is 1. The van der Waals surface area contributed by atoms with E-state index in [2.05, 4.69) is 15.7 Å². The number of rotatable bonds is 7. The maximum absolute atomic E-state index is 15.4. The molecule has 4 rings (SSSR count). The third-order valence-corrected chi connectivity index (χ3v) is 7.14. The number of fused-ring (bicyclic) bond motifs is 1. The van der Waals surface area contributed by atoms with E-state index in [1.165, 1.54) is 6.07 Å². The number of hydrogen-bond acceptors (Lipinski definition) is 8. The van der Waals surface area contributed by atoms with Crippen molar-refractivity contribution in [3.8, 4) is 5.69 Å². The summed E-state index contributed by atoms with van der Waals surface area (Å²) in [6.07, 6.45) is 1.46. The number of hydrogen-bond donors (Lipinski definition) is 3. The van der Waals surface area contributed by atoms with Crippen molar-refractivity contribution in [3.05, 3.63) is 40.5 Å². The molecular formula is C29H38FN5O6. The molecular weight excluding hydrogens is 533 g/mol. The van der Waals surface area contributed by atoms with Crippen LogP contribution >= 0.6 is 0 Å². The normalized spacial score (nSPS) is 19.8. The molecule has 0 spiro atoms. The number of Topliss-reactive ketones (excluding diaryl/α,β-unsaturated/α-hetero) is 1. The van der Waals surface area contributed by atoms with E-state index >= 15 is 4.39 Å². The highest BCUT2D eigenvalue weighted by Crippen LogP contribution is 2.38. The fourth-order valence-corrected chi connectivity index (χ4v) is 5.53. The Morgan fingerprint density at radius 1 is 1.20 bits per heavy atom. The number of ether oxygens (including phenoxy) is 2. The van der Waals surface area contributed by atoms with Crippen LogP contribution in [0.15, 0.2) is 12.1 Å². The van der Waals surface area contributed by atoms with E-state index < -0.39 is 41.5 Å². The lowest BCUT2D eigenvalue weighted by Crippen LogP contribution is -2.39. The third kappa shape index (κ3) is 6.86. The molecule has 222 valence electrons. The molecule has 0 saturated heterocycles. The molecule has 1 saturated carbocycles. The Kier molecular flexibility index (Phi) is 8.15. The van der Waals surface area contributed by atoms with Crippen LogP contribution in [0.25, 0.3) is 5.69 Å². The number of ketones is 1. The summed E-state index contributed by atoms with van der Waals surface area (Å²) in [4.78, 5) is 49.5. The van der Waals surface area contributed by atoms with E-state index in [9.17, 15) is 19.2 Å². The van der Waals surface area contributed by atoms with E-state index in [0.29, 0.717) is 54.7 Å². The van der Waals surface area contributed by atoms with Gasteiger partial charge in [-0.1, -0.05) is 13.8 Å². The number of esters is 1. The summed E-state index contributed by atoms with van der Waals surface area (Å²) >= 11 is 0. The molecule has 4 N–H and O–H groups in total. The number of nitrogens with zero attached hydrogens (tertiary/aromatic N) is 2. The quantitative estimate of drug-likeness (QED) is 0.422. The average molecular weight is 572 g/mol. The van der Waals surface area contributed by atoms with Crippen molar-refractivity contribution in [2.45, 2.75) is 91.4 Å². The Balaban J connectivity index is 1.57. The zero-order valence-electron chi connectivity index (χ0n) is 24.4. The van der Waals surface area contributed by atoms with Crippen LogP contribution in [-0.2, 0) is 20.7 Å². The summed E-state index contributed by atoms with van der Waals surface area (Å²) in [6, 6.07) is 2.31. The molecule has 1 aromatic carbocycles. The summed E-state index contributed by atoms with van der Waals surface area (Å²) in [5.41, 5.74) is 6.47. The highest BCUT2D eigenvalue weighted by Gasteiger charge is 2.37. The van der Waals surface area contributed by atoms with Gasteiger partial charge in [0.1, 0.15) is 24.1 Å². The SMILES string of the molecule is Cc1nn(-c2cc(F)c(C(N)=O)c(NC3CCCC3OC(=O)CNC(=O)OC(C)(C)C)c2)c2c1C(=O)CC(C)(C)C2. The topological polar surface area (TPSA) is 155 Å². The van der Waals surface area contributed by atoms with Gasteiger partial charge in [-0.2, -0.15) is 5.10 Å². The number of carbonyl (C=O) groups excluding carboxylic acids is 4. The molecule has 11 nitrogen and oxygen atoms in total. The van der Waals surface area contributed by atoms with Crippen LogP contribution in [0.4, 0.5) is 14.9 Å². The van der Waals surface area contributed by atoms with Crippen molar-refractivity contribution in [3.63, 3.8) is 0 Å². The van der Waals surface area contributed by atoms with Crippen LogP contribution < -0.4 is 16.4 Å². The van der Waals surface area contributed by atoms with Crippen molar-refractivity contribution in [2.24, 2.45) is 11.1 Å². The second-order valence-electron chi connectivity index (χ2n) is 12.5. The zero-order valence-corrected chi connectivity index (χ0v) is 24.4. The van der Waals surface area contributed by atoms with Crippen LogP contribution in [0.3, 0.4) is 0 Å². The Morgan fingerprint density at radius 3 is 2.56 bits per heavy atom. The van der Waals surface area contributed by atoms with Crippen molar-refractivity contribution in [1.29, 1.82) is 0 Å². The number of halogens is 1. The van der Waals surface area contributed by atoms with Crippen LogP contribution in [-0.4, -0.2) is 57.8 Å². The highest BCUT2D eigenvalue weighted by molar-refractivity contribution is 6.00. The smallest absolute Gasteiger partial charge is 0.408 e. The van der Waals surface area contributed by atoms with Gasteiger partial charge in [-0.15, -0.1) is 0 Å². The van der Waals surface area contributed by atoms with E-state index in [-0.39, 0.29) is 29.0 Å². The molecule has 2 aliphatic carbocycles. The lowest BCUT2D eigenvalue weighted by atomic mass is 9.75. The van der Waals surface area contributed by atoms with Gasteiger partial charge < -0.3 is 25.8 Å². The zero-order chi connectivity index (χ0) is 30.3. The first-order chi connectivity index (χ1) is 19.0. The lowest BCUT2D eigenvalue weighted by molar-refractivity contribution is -0.147. The van der Waals surface area contributed by atoms with Crippen LogP contribution in [0.5, 0.6) is 0 Å². The Morgan fingerprint density at radius 2 is 1.90 bits per heavy atom. The molecule has 41 heavy (non-hydrogen) atoms. The third-order valence-electron chi connectivity index (χ3n) is 7.14. The summed E-state index contributed by atoms with van der Waals surface area (Å²) in [5.74, 6) is -2.46. The number of aryl methyl sites for hydroxylation is 1. The summed E-state index contributed by atoms with van der Waals surface area (Å²) < 4.78 is 27.7. The first kappa shape index (κ1) is 30.0. The Labute approximate surface area is 238 Å². The molecule has 0 radical (unpaired) electrons. The first-order valence-corrected chi connectivity index (χ1v) is 13.7. The number of nitrogens with one attached hydrogen (secondary N) is 2. The lowest BCUT2D eigenvalue weighted by Gasteiger charge is -2.29. The van der Waals surface area contributed by atoms with Gasteiger partial charge in [-0.25, -0.2) is 13.9 Å². The number of carbonyl (C=O) groups is 4. The molecule has 2 aromatic rings. The predicted molar refractivity (Wildman–Crippen MR) is 149 cm³/mol. The van der Waals surface area contributed by atoms with Gasteiger partial charge in [0.25, 0.3) is 5.91 Å². The van der Waals surface area contributed by atoms with Crippen molar-refractivity contribution < 1.29 is 33.0 Å². The van der Waals surface area contributed by atoms with E-state index in [1.54, 1.807) is 38.4 Å². The largest absolute Gasteiger partial charge is 0.459 e. The van der Waals surface area contributed by atoms with E-state index in [1.807, 2.05) is 13.8 Å². The average Bonchev–Trinajstić information content (AvgIpc) is 3.38. The van der Waals surface area contributed by atoms with Crippen molar-refractivity contribution in [2.75, 3.05) is 11.9 Å². The second-order valence-corrected chi connectivity index (χ2v) is 12.5. The summed E-state index contributed by atoms with van der Waals surface area (Å²) in [5, 5.41) is 10.1. The standard InChI is InChI=1S/C29H38FN5O6/c1-15-24-20(12-29(5,6)13-21(24)36)35(34-15)16-10-17(30)25(26(31)38)19(11-16)33-18-8-7-9-22(18)40-23(37)14-32-27(39)41-28(2,3)4/h10-11,18,22,33H,7-9,12-14H2,1-6H3,(H2,31,38)(H,32,39). The minimum absolute atomic E-state index is 0.00986. The number of alkyl carbamates (subject to hydrolysis) is 1. The number of benzene rings is 1. The summed E-state index contributed by atoms with van der Waals surface area (Å²) in [6.45, 7) is 10.5. The van der Waals surface area contributed by atoms with Crippen LogP contribution in [0.2, 0.25) is 0 Å². The summed E-state index contributed by atoms with van der Waals surface area (Å²) in [7, 11) is 0. The number of anilines is 1. The van der Waals surface area contributed by atoms with Gasteiger partial charge in [0.05, 0.1) is 39.9 Å². The number of amides is 2. The molecule has 12 heteroatoms. The highest BCUT2D eigenvalue weighted by atomic mass is 19.1. The molecule has 1 fully saturated rings. The molecule has 2 unspecified atom stereocenters. The second kappa shape index (κ2) is 11.1. The van der Waals surface area contributed by atoms with Gasteiger partial charge in [0, 0.05) is 12.5 Å². The van der Waals surface area contributed by atoms with Crippen LogP contribution in [0, 0.1) is 18.2 Å². The van der Waals surface area contributed by atoms with Crippen molar-refractivity contribution >= 4 is 29.4 Å². The monoisotopic (exact) mass is 571 g/mol. The van der Waals surface area contributed by atoms with Gasteiger partial charge >= 0.3 is 12.1 Å². The predicted octanol–water partition coefficient (Wildman–Crippen LogP) is 3.97. The van der Waals surface area contributed by atoms with E-state index in [4.69, 9.17) is 15.2 Å². The molecule has 2 atom stereocenters. The number of aromatic nitrogens is 2. The Bertz CT molecular complexity index is 1390. The van der Waals surface area contributed by atoms with Crippen LogP contribution in [0.1, 0.15) is 92.4 Å². The Hall–Kier alpha value is -3.96. The minimum atomic E-state index is -0.959. The minimum Gasteiger partial charge on any atom is -0.459 e. The molecule has 1 heterocycles. The van der Waals surface area contributed by atoms with Crippen molar-refractivity contribution in [1.82, 2.24) is 15.1 Å². The van der Waals surface area contributed by atoms with Gasteiger partial charge in [0.15, 0.2) is 5.78 Å². The number of nitrogens with two attached hydrogens (primary N) is 1. The molecule has 2 amide bonds. The molecule has 2 aliphatic rings. The maximum atomic E-state index is 15.4. The van der Waals surface area contributed by atoms with E-state index in [0.717, 1.165) is 0 Å². The van der Waals surface area contributed by atoms with Gasteiger partial charge in [-0.3, -0.25) is 14.4 Å². The molecule has 0 aliphatic heterocycles. The first-order valence-electron chi connectivity index (χ1n) is 13.7. The molecule has 1 aromatic heterocycles. The van der Waals surface area contributed by atoms with Gasteiger partial charge in [0.2, 0.25) is 0 Å². The fraction of sp³-hybridized carbons (Fsp3) is 0.552.